The highest BCUT2D eigenvalue weighted by Crippen LogP contribution is 2.47. The topological polar surface area (TPSA) is 78.8 Å². The van der Waals surface area contributed by atoms with Crippen LogP contribution in [-0.2, 0) is 11.2 Å². The Morgan fingerprint density at radius 2 is 1.96 bits per heavy atom. The minimum Gasteiger partial charge on any atom is -0.477 e. The summed E-state index contributed by atoms with van der Waals surface area (Å²) in [5, 5.41) is 9.55. The fraction of sp³-hybridized carbons (Fsp3) is 0.737. The second kappa shape index (κ2) is 6.08. The number of aromatic nitrogens is 2. The molecule has 3 aliphatic heterocycles. The van der Waals surface area contributed by atoms with Gasteiger partial charge in [-0.05, 0) is 37.5 Å². The lowest BCUT2D eigenvalue weighted by Gasteiger charge is -2.26. The van der Waals surface area contributed by atoms with E-state index in [0.717, 1.165) is 75.5 Å². The highest BCUT2D eigenvalue weighted by molar-refractivity contribution is 5.85. The summed E-state index contributed by atoms with van der Waals surface area (Å²) < 4.78 is 5.58. The van der Waals surface area contributed by atoms with Gasteiger partial charge in [0.05, 0.1) is 24.2 Å². The number of hydrogen-bond donors (Lipinski definition) is 1. The molecule has 4 heterocycles. The van der Waals surface area contributed by atoms with Crippen molar-refractivity contribution in [1.29, 1.82) is 0 Å². The second-order valence-corrected chi connectivity index (χ2v) is 8.31. The molecule has 7 nitrogen and oxygen atoms in total. The van der Waals surface area contributed by atoms with Crippen molar-refractivity contribution in [2.24, 2.45) is 17.3 Å². The Labute approximate surface area is 153 Å². The second-order valence-electron chi connectivity index (χ2n) is 8.31. The van der Waals surface area contributed by atoms with Crippen LogP contribution in [0.2, 0.25) is 0 Å². The molecule has 1 aromatic heterocycles. The van der Waals surface area contributed by atoms with E-state index in [1.165, 1.54) is 0 Å². The smallest absolute Gasteiger partial charge is 0.231 e. The zero-order valence-corrected chi connectivity index (χ0v) is 15.1. The Balaban J connectivity index is 1.27. The van der Waals surface area contributed by atoms with Crippen molar-refractivity contribution >= 4 is 11.7 Å². The number of aliphatic hydroxyl groups is 1. The molecule has 1 N–H and O–H groups in total. The number of anilines is 1. The molecule has 26 heavy (non-hydrogen) atoms. The van der Waals surface area contributed by atoms with Crippen molar-refractivity contribution in [3.05, 3.63) is 11.9 Å². The normalized spacial score (nSPS) is 29.0. The van der Waals surface area contributed by atoms with E-state index in [-0.39, 0.29) is 12.5 Å². The zero-order chi connectivity index (χ0) is 17.7. The largest absolute Gasteiger partial charge is 0.477 e. The molecular weight excluding hydrogens is 332 g/mol. The van der Waals surface area contributed by atoms with Gasteiger partial charge in [0, 0.05) is 32.6 Å². The molecule has 7 heteroatoms. The number of carbonyl (C=O) groups excluding carboxylic acids is 1. The molecule has 0 spiro atoms. The van der Waals surface area contributed by atoms with Gasteiger partial charge >= 0.3 is 0 Å². The predicted molar refractivity (Wildman–Crippen MR) is 95.0 cm³/mol. The van der Waals surface area contributed by atoms with Gasteiger partial charge in [-0.25, -0.2) is 9.97 Å². The summed E-state index contributed by atoms with van der Waals surface area (Å²) in [6.45, 7) is 4.35. The third-order valence-electron chi connectivity index (χ3n) is 6.79. The van der Waals surface area contributed by atoms with E-state index in [1.807, 2.05) is 4.90 Å². The molecule has 1 aromatic rings. The van der Waals surface area contributed by atoms with Crippen molar-refractivity contribution in [3.63, 3.8) is 0 Å². The Morgan fingerprint density at radius 3 is 2.62 bits per heavy atom. The molecule has 140 valence electrons. The summed E-state index contributed by atoms with van der Waals surface area (Å²) in [5.74, 6) is 3.18. The minimum atomic E-state index is -0.438. The molecule has 1 aliphatic carbocycles. The molecule has 5 rings (SSSR count). The maximum atomic E-state index is 12.7. The first-order valence-electron chi connectivity index (χ1n) is 9.82. The van der Waals surface area contributed by atoms with Gasteiger partial charge in [0.25, 0.3) is 0 Å². The predicted octanol–water partition coefficient (Wildman–Crippen LogP) is 0.859. The van der Waals surface area contributed by atoms with Gasteiger partial charge < -0.3 is 19.6 Å². The van der Waals surface area contributed by atoms with Crippen LogP contribution in [0.25, 0.3) is 0 Å². The van der Waals surface area contributed by atoms with Gasteiger partial charge in [-0.3, -0.25) is 4.79 Å². The molecule has 4 aliphatic rings. The van der Waals surface area contributed by atoms with Crippen molar-refractivity contribution in [2.45, 2.75) is 32.1 Å². The average Bonchev–Trinajstić information content (AvgIpc) is 3.21. The summed E-state index contributed by atoms with van der Waals surface area (Å²) in [4.78, 5) is 25.9. The van der Waals surface area contributed by atoms with Gasteiger partial charge in [-0.15, -0.1) is 0 Å². The molecule has 1 saturated carbocycles. The van der Waals surface area contributed by atoms with Crippen LogP contribution in [0.15, 0.2) is 6.33 Å². The van der Waals surface area contributed by atoms with Crippen LogP contribution >= 0.6 is 0 Å². The van der Waals surface area contributed by atoms with Crippen molar-refractivity contribution < 1.29 is 14.6 Å². The maximum absolute atomic E-state index is 12.7. The number of likely N-dealkylation sites (tertiary alicyclic amines) is 1. The van der Waals surface area contributed by atoms with Crippen LogP contribution in [0.1, 0.15) is 31.2 Å². The van der Waals surface area contributed by atoms with E-state index < -0.39 is 5.41 Å². The Kier molecular flexibility index (Phi) is 3.81. The van der Waals surface area contributed by atoms with E-state index in [2.05, 4.69) is 14.9 Å². The van der Waals surface area contributed by atoms with Gasteiger partial charge in [0.1, 0.15) is 12.1 Å². The van der Waals surface area contributed by atoms with Gasteiger partial charge in [0.15, 0.2) is 0 Å². The fourth-order valence-corrected chi connectivity index (χ4v) is 4.90. The van der Waals surface area contributed by atoms with Crippen LogP contribution in [0, 0.1) is 17.3 Å². The fourth-order valence-electron chi connectivity index (χ4n) is 4.90. The number of rotatable bonds is 3. The number of carbonyl (C=O) groups is 1. The van der Waals surface area contributed by atoms with E-state index in [9.17, 15) is 9.90 Å². The summed E-state index contributed by atoms with van der Waals surface area (Å²) in [6, 6.07) is 0. The SMILES string of the molecule is O=C(N1CC[C@@H]2CN(c3ncnc4c3CCO4)C[C@@H]2CC1)C1(CO)CC1. The van der Waals surface area contributed by atoms with E-state index >= 15 is 0 Å². The number of hydrogen-bond acceptors (Lipinski definition) is 6. The molecule has 1 amide bonds. The Bertz CT molecular complexity index is 705. The van der Waals surface area contributed by atoms with Crippen molar-refractivity contribution in [3.8, 4) is 5.88 Å². The number of fused-ring (bicyclic) bond motifs is 2. The highest BCUT2D eigenvalue weighted by Gasteiger charge is 2.51. The lowest BCUT2D eigenvalue weighted by Crippen LogP contribution is -2.40. The van der Waals surface area contributed by atoms with Gasteiger partial charge in [-0.1, -0.05) is 0 Å². The molecule has 0 bridgehead atoms. The summed E-state index contributed by atoms with van der Waals surface area (Å²) in [7, 11) is 0. The van der Waals surface area contributed by atoms with Crippen LogP contribution in [-0.4, -0.2) is 65.3 Å². The van der Waals surface area contributed by atoms with Crippen LogP contribution < -0.4 is 9.64 Å². The monoisotopic (exact) mass is 358 g/mol. The first-order valence-corrected chi connectivity index (χ1v) is 9.82. The number of nitrogens with zero attached hydrogens (tertiary/aromatic N) is 4. The number of ether oxygens (including phenoxy) is 1. The van der Waals surface area contributed by atoms with Crippen LogP contribution in [0.3, 0.4) is 0 Å². The quantitative estimate of drug-likeness (QED) is 0.863. The molecule has 0 radical (unpaired) electrons. The lowest BCUT2D eigenvalue weighted by atomic mass is 9.92. The lowest BCUT2D eigenvalue weighted by molar-refractivity contribution is -0.138. The molecule has 2 saturated heterocycles. The summed E-state index contributed by atoms with van der Waals surface area (Å²) in [5.41, 5.74) is 0.715. The van der Waals surface area contributed by atoms with Crippen molar-refractivity contribution in [2.75, 3.05) is 44.3 Å². The number of aliphatic hydroxyl groups excluding tert-OH is 1. The first-order chi connectivity index (χ1) is 12.7. The minimum absolute atomic E-state index is 0.00383. The Morgan fingerprint density at radius 1 is 1.23 bits per heavy atom. The van der Waals surface area contributed by atoms with Gasteiger partial charge in [0.2, 0.25) is 11.8 Å². The van der Waals surface area contributed by atoms with E-state index in [0.29, 0.717) is 18.4 Å². The molecule has 0 aromatic carbocycles. The number of amides is 1. The van der Waals surface area contributed by atoms with E-state index in [4.69, 9.17) is 4.74 Å². The first kappa shape index (κ1) is 16.3. The molecular formula is C19H26N4O3. The standard InChI is InChI=1S/C19H26N4O3/c24-11-19(4-5-19)18(25)22-6-1-13-9-23(10-14(13)2-7-22)16-15-3-8-26-17(15)21-12-20-16/h12-14,24H,1-11H2/t13-,14+. The van der Waals surface area contributed by atoms with Gasteiger partial charge in [-0.2, -0.15) is 0 Å². The molecule has 0 unspecified atom stereocenters. The van der Waals surface area contributed by atoms with E-state index in [1.54, 1.807) is 6.33 Å². The zero-order valence-electron chi connectivity index (χ0n) is 15.1. The third kappa shape index (κ3) is 2.55. The summed E-state index contributed by atoms with van der Waals surface area (Å²) >= 11 is 0. The average molecular weight is 358 g/mol. The molecule has 2 atom stereocenters. The third-order valence-corrected chi connectivity index (χ3v) is 6.79. The van der Waals surface area contributed by atoms with Crippen LogP contribution in [0.4, 0.5) is 5.82 Å². The van der Waals surface area contributed by atoms with Crippen molar-refractivity contribution in [1.82, 2.24) is 14.9 Å². The molecule has 3 fully saturated rings. The Hall–Kier alpha value is -1.89. The highest BCUT2D eigenvalue weighted by atomic mass is 16.5. The van der Waals surface area contributed by atoms with Crippen LogP contribution in [0.5, 0.6) is 5.88 Å². The summed E-state index contributed by atoms with van der Waals surface area (Å²) in [6.07, 6.45) is 6.28. The maximum Gasteiger partial charge on any atom is 0.231 e.